The van der Waals surface area contributed by atoms with Crippen molar-refractivity contribution in [1.29, 1.82) is 0 Å². The van der Waals surface area contributed by atoms with E-state index in [1.165, 1.54) is 26.4 Å². The van der Waals surface area contributed by atoms with Crippen molar-refractivity contribution < 1.29 is 14.3 Å². The lowest BCUT2D eigenvalue weighted by Crippen LogP contribution is -2.53. The predicted octanol–water partition coefficient (Wildman–Crippen LogP) is 0.847. The number of amides is 1. The zero-order valence-electron chi connectivity index (χ0n) is 14.2. The van der Waals surface area contributed by atoms with Gasteiger partial charge in [0, 0.05) is 26.2 Å². The van der Waals surface area contributed by atoms with E-state index in [4.69, 9.17) is 5.73 Å². The molecule has 0 aromatic carbocycles. The molecule has 22 heavy (non-hydrogen) atoms. The number of nitrogens with zero attached hydrogens (tertiary/aromatic N) is 2. The van der Waals surface area contributed by atoms with Crippen molar-refractivity contribution in [1.82, 2.24) is 9.80 Å². The molecule has 0 aromatic heterocycles. The van der Waals surface area contributed by atoms with Crippen molar-refractivity contribution in [3.8, 4) is 0 Å². The van der Waals surface area contributed by atoms with Crippen molar-refractivity contribution >= 4 is 11.9 Å². The van der Waals surface area contributed by atoms with E-state index < -0.39 is 12.0 Å². The first kappa shape index (κ1) is 18.9. The lowest BCUT2D eigenvalue weighted by atomic mass is 10.1. The third kappa shape index (κ3) is 6.75. The molecule has 0 bridgehead atoms. The molecule has 1 saturated heterocycles. The number of carbonyl (C=O) groups is 2. The van der Waals surface area contributed by atoms with E-state index >= 15 is 0 Å². The van der Waals surface area contributed by atoms with Gasteiger partial charge in [-0.25, -0.2) is 0 Å². The Balaban J connectivity index is 2.23. The van der Waals surface area contributed by atoms with Gasteiger partial charge in [0.05, 0.1) is 19.6 Å². The van der Waals surface area contributed by atoms with E-state index in [1.54, 1.807) is 4.90 Å². The lowest BCUT2D eigenvalue weighted by Gasteiger charge is -2.35. The normalized spacial score (nSPS) is 17.6. The number of piperazine rings is 1. The Morgan fingerprint density at radius 2 is 1.77 bits per heavy atom. The number of esters is 1. The van der Waals surface area contributed by atoms with Gasteiger partial charge in [0.1, 0.15) is 0 Å². The fraction of sp³-hybridized carbons (Fsp3) is 0.875. The summed E-state index contributed by atoms with van der Waals surface area (Å²) < 4.78 is 4.55. The number of hydrogen-bond acceptors (Lipinski definition) is 5. The van der Waals surface area contributed by atoms with Crippen molar-refractivity contribution in [2.24, 2.45) is 11.7 Å². The van der Waals surface area contributed by atoms with Gasteiger partial charge in [-0.1, -0.05) is 26.7 Å². The van der Waals surface area contributed by atoms with Crippen LogP contribution >= 0.6 is 0 Å². The van der Waals surface area contributed by atoms with Crippen LogP contribution in [0.3, 0.4) is 0 Å². The van der Waals surface area contributed by atoms with Gasteiger partial charge in [0.25, 0.3) is 0 Å². The number of ether oxygens (including phenoxy) is 1. The minimum Gasteiger partial charge on any atom is -0.469 e. The zero-order chi connectivity index (χ0) is 16.5. The smallest absolute Gasteiger partial charge is 0.307 e. The maximum Gasteiger partial charge on any atom is 0.307 e. The van der Waals surface area contributed by atoms with Crippen LogP contribution in [0, 0.1) is 5.92 Å². The average Bonchev–Trinajstić information content (AvgIpc) is 2.51. The van der Waals surface area contributed by atoms with Gasteiger partial charge >= 0.3 is 5.97 Å². The van der Waals surface area contributed by atoms with Crippen molar-refractivity contribution in [3.05, 3.63) is 0 Å². The predicted molar refractivity (Wildman–Crippen MR) is 86.3 cm³/mol. The van der Waals surface area contributed by atoms with Crippen molar-refractivity contribution in [3.63, 3.8) is 0 Å². The Morgan fingerprint density at radius 3 is 2.32 bits per heavy atom. The van der Waals surface area contributed by atoms with Crippen LogP contribution in [-0.4, -0.2) is 67.6 Å². The van der Waals surface area contributed by atoms with Gasteiger partial charge in [-0.15, -0.1) is 0 Å². The summed E-state index contributed by atoms with van der Waals surface area (Å²) in [7, 11) is 1.30. The Hall–Kier alpha value is -1.14. The highest BCUT2D eigenvalue weighted by Crippen LogP contribution is 2.09. The largest absolute Gasteiger partial charge is 0.469 e. The van der Waals surface area contributed by atoms with Gasteiger partial charge in [0.15, 0.2) is 0 Å². The Bertz CT molecular complexity index is 353. The molecule has 6 heteroatoms. The van der Waals surface area contributed by atoms with E-state index in [0.717, 1.165) is 25.6 Å². The van der Waals surface area contributed by atoms with E-state index in [0.29, 0.717) is 13.1 Å². The second-order valence-electron chi connectivity index (χ2n) is 6.44. The molecule has 1 unspecified atom stereocenters. The number of methoxy groups -OCH3 is 1. The van der Waals surface area contributed by atoms with Crippen LogP contribution < -0.4 is 5.73 Å². The molecule has 1 rings (SSSR count). The maximum absolute atomic E-state index is 12.2. The summed E-state index contributed by atoms with van der Waals surface area (Å²) in [6.07, 6.45) is 3.71. The Morgan fingerprint density at radius 1 is 1.14 bits per heavy atom. The van der Waals surface area contributed by atoms with Crippen molar-refractivity contribution in [2.45, 2.75) is 45.6 Å². The maximum atomic E-state index is 12.2. The minimum absolute atomic E-state index is 0.0508. The highest BCUT2D eigenvalue weighted by Gasteiger charge is 2.26. The lowest BCUT2D eigenvalue weighted by molar-refractivity contribution is -0.145. The highest BCUT2D eigenvalue weighted by atomic mass is 16.5. The third-order valence-electron chi connectivity index (χ3n) is 4.12. The zero-order valence-corrected chi connectivity index (χ0v) is 14.2. The van der Waals surface area contributed by atoms with Gasteiger partial charge in [-0.05, 0) is 18.9 Å². The number of rotatable bonds is 8. The van der Waals surface area contributed by atoms with Crippen LogP contribution in [0.25, 0.3) is 0 Å². The number of hydrogen-bond donors (Lipinski definition) is 1. The second-order valence-corrected chi connectivity index (χ2v) is 6.44. The first-order valence-electron chi connectivity index (χ1n) is 8.27. The Labute approximate surface area is 134 Å². The number of carbonyl (C=O) groups excluding carboxylic acids is 2. The molecular formula is C16H31N3O3. The van der Waals surface area contributed by atoms with Crippen molar-refractivity contribution in [2.75, 3.05) is 39.8 Å². The van der Waals surface area contributed by atoms with Crippen LogP contribution in [0.4, 0.5) is 0 Å². The fourth-order valence-corrected chi connectivity index (χ4v) is 2.66. The van der Waals surface area contributed by atoms with Crippen LogP contribution in [0.2, 0.25) is 0 Å². The van der Waals surface area contributed by atoms with E-state index in [2.05, 4.69) is 23.5 Å². The van der Waals surface area contributed by atoms with Gasteiger partial charge in [-0.3, -0.25) is 14.5 Å². The molecule has 1 aliphatic heterocycles. The van der Waals surface area contributed by atoms with Gasteiger partial charge < -0.3 is 15.4 Å². The molecule has 0 aliphatic carbocycles. The number of nitrogens with two attached hydrogens (primary N) is 1. The standard InChI is InChI=1S/C16H31N3O3/c1-13(2)6-4-5-7-18-8-10-19(11-9-18)16(21)14(17)12-15(20)22-3/h13-14H,4-12,17H2,1-3H3. The summed E-state index contributed by atoms with van der Waals surface area (Å²) in [6, 6.07) is -0.787. The van der Waals surface area contributed by atoms with Crippen LogP contribution in [0.15, 0.2) is 0 Å². The fourth-order valence-electron chi connectivity index (χ4n) is 2.66. The first-order chi connectivity index (χ1) is 10.4. The molecule has 1 atom stereocenters. The highest BCUT2D eigenvalue weighted by molar-refractivity contribution is 5.86. The van der Waals surface area contributed by atoms with Crippen LogP contribution in [-0.2, 0) is 14.3 Å². The monoisotopic (exact) mass is 313 g/mol. The second kappa shape index (κ2) is 9.79. The SMILES string of the molecule is COC(=O)CC(N)C(=O)N1CCN(CCCCC(C)C)CC1. The summed E-state index contributed by atoms with van der Waals surface area (Å²) >= 11 is 0. The molecule has 1 amide bonds. The summed E-state index contributed by atoms with van der Waals surface area (Å²) in [5.74, 6) is 0.181. The van der Waals surface area contributed by atoms with Crippen LogP contribution in [0.1, 0.15) is 39.5 Å². The molecule has 0 aromatic rings. The molecule has 1 aliphatic rings. The average molecular weight is 313 g/mol. The summed E-state index contributed by atoms with van der Waals surface area (Å²) in [5, 5.41) is 0. The molecular weight excluding hydrogens is 282 g/mol. The van der Waals surface area contributed by atoms with E-state index in [9.17, 15) is 9.59 Å². The van der Waals surface area contributed by atoms with E-state index in [1.807, 2.05) is 0 Å². The van der Waals surface area contributed by atoms with Gasteiger partial charge in [-0.2, -0.15) is 0 Å². The molecule has 1 heterocycles. The molecule has 2 N–H and O–H groups in total. The molecule has 0 spiro atoms. The third-order valence-corrected chi connectivity index (χ3v) is 4.12. The number of unbranched alkanes of at least 4 members (excludes halogenated alkanes) is 1. The molecule has 128 valence electrons. The first-order valence-corrected chi connectivity index (χ1v) is 8.27. The van der Waals surface area contributed by atoms with E-state index in [-0.39, 0.29) is 12.3 Å². The molecule has 0 radical (unpaired) electrons. The summed E-state index contributed by atoms with van der Waals surface area (Å²) in [5.41, 5.74) is 5.78. The van der Waals surface area contributed by atoms with Crippen LogP contribution in [0.5, 0.6) is 0 Å². The summed E-state index contributed by atoms with van der Waals surface area (Å²) in [4.78, 5) is 27.5. The van der Waals surface area contributed by atoms with Gasteiger partial charge in [0.2, 0.25) is 5.91 Å². The molecule has 6 nitrogen and oxygen atoms in total. The molecule has 0 saturated carbocycles. The topological polar surface area (TPSA) is 75.9 Å². The molecule has 1 fully saturated rings. The minimum atomic E-state index is -0.787. The summed E-state index contributed by atoms with van der Waals surface area (Å²) in [6.45, 7) is 8.76. The quantitative estimate of drug-likeness (QED) is 0.531. The Kier molecular flexibility index (Phi) is 8.42.